The van der Waals surface area contributed by atoms with Crippen molar-refractivity contribution in [3.05, 3.63) is 66.4 Å². The number of anilines is 1. The highest BCUT2D eigenvalue weighted by Crippen LogP contribution is 2.23. The Labute approximate surface area is 170 Å². The lowest BCUT2D eigenvalue weighted by molar-refractivity contribution is 0.102. The summed E-state index contributed by atoms with van der Waals surface area (Å²) in [5.41, 5.74) is 1.73. The van der Waals surface area contributed by atoms with Gasteiger partial charge in [0.25, 0.3) is 5.91 Å². The third kappa shape index (κ3) is 4.16. The van der Waals surface area contributed by atoms with Crippen LogP contribution in [0.3, 0.4) is 0 Å². The highest BCUT2D eigenvalue weighted by atomic mass is 32.2. The molecule has 1 aliphatic rings. The number of amides is 1. The molecule has 0 saturated carbocycles. The topological polar surface area (TPSA) is 79.4 Å². The van der Waals surface area contributed by atoms with E-state index in [1.165, 1.54) is 12.1 Å². The van der Waals surface area contributed by atoms with E-state index in [1.807, 2.05) is 24.3 Å². The van der Waals surface area contributed by atoms with Crippen molar-refractivity contribution in [3.8, 4) is 0 Å². The first kappa shape index (κ1) is 19.5. The summed E-state index contributed by atoms with van der Waals surface area (Å²) in [4.78, 5) is 17.2. The average Bonchev–Trinajstić information content (AvgIpc) is 3.04. The average molecular weight is 410 g/mol. The number of nitrogens with zero attached hydrogens (tertiary/aromatic N) is 2. The van der Waals surface area contributed by atoms with Gasteiger partial charge in [0.05, 0.1) is 16.1 Å². The number of sulfonamides is 1. The number of hydrogen-bond donors (Lipinski definition) is 1. The first-order valence-corrected chi connectivity index (χ1v) is 11.2. The van der Waals surface area contributed by atoms with Gasteiger partial charge in [-0.25, -0.2) is 8.42 Å². The van der Waals surface area contributed by atoms with E-state index in [0.29, 0.717) is 29.9 Å². The Morgan fingerprint density at radius 1 is 0.897 bits per heavy atom. The summed E-state index contributed by atoms with van der Waals surface area (Å²) in [5, 5.41) is 3.80. The van der Waals surface area contributed by atoms with Gasteiger partial charge in [0.2, 0.25) is 10.0 Å². The van der Waals surface area contributed by atoms with E-state index in [1.54, 1.807) is 28.7 Å². The fourth-order valence-corrected chi connectivity index (χ4v) is 5.13. The van der Waals surface area contributed by atoms with E-state index < -0.39 is 10.0 Å². The lowest BCUT2D eigenvalue weighted by Gasteiger charge is -2.20. The van der Waals surface area contributed by atoms with Gasteiger partial charge in [-0.3, -0.25) is 9.78 Å². The van der Waals surface area contributed by atoms with Crippen LogP contribution in [0.4, 0.5) is 5.69 Å². The molecule has 0 bridgehead atoms. The number of benzene rings is 2. The van der Waals surface area contributed by atoms with Crippen molar-refractivity contribution < 1.29 is 13.2 Å². The standard InChI is InChI=1S/C22H23N3O3S/c26-22(24-20-9-5-7-17-8-6-14-23-21(17)20)18-10-12-19(13-11-18)29(27,28)25-15-3-1-2-4-16-25/h5-14H,1-4,15-16H2,(H,24,26). The number of hydrogen-bond acceptors (Lipinski definition) is 4. The number of carbonyl (C=O) groups excluding carboxylic acids is 1. The van der Waals surface area contributed by atoms with Crippen LogP contribution in [0.25, 0.3) is 10.9 Å². The SMILES string of the molecule is O=C(Nc1cccc2cccnc12)c1ccc(S(=O)(=O)N2CCCCCC2)cc1. The molecule has 0 atom stereocenters. The Hall–Kier alpha value is -2.77. The molecule has 3 aromatic rings. The Kier molecular flexibility index (Phi) is 5.60. The van der Waals surface area contributed by atoms with Crippen molar-refractivity contribution in [2.24, 2.45) is 0 Å². The van der Waals surface area contributed by atoms with E-state index in [4.69, 9.17) is 0 Å². The van der Waals surface area contributed by atoms with Crippen LogP contribution >= 0.6 is 0 Å². The zero-order valence-corrected chi connectivity index (χ0v) is 16.9. The minimum absolute atomic E-state index is 0.225. The van der Waals surface area contributed by atoms with Gasteiger partial charge in [-0.2, -0.15) is 4.31 Å². The molecule has 1 aliphatic heterocycles. The van der Waals surface area contributed by atoms with Crippen molar-refractivity contribution >= 4 is 32.5 Å². The van der Waals surface area contributed by atoms with Gasteiger partial charge in [0.15, 0.2) is 0 Å². The van der Waals surface area contributed by atoms with Crippen LogP contribution in [0.15, 0.2) is 65.7 Å². The Morgan fingerprint density at radius 2 is 1.59 bits per heavy atom. The molecular weight excluding hydrogens is 386 g/mol. The fraction of sp³-hybridized carbons (Fsp3) is 0.273. The number of aromatic nitrogens is 1. The summed E-state index contributed by atoms with van der Waals surface area (Å²) in [7, 11) is -3.52. The zero-order valence-electron chi connectivity index (χ0n) is 16.0. The van der Waals surface area contributed by atoms with Crippen molar-refractivity contribution in [2.75, 3.05) is 18.4 Å². The summed E-state index contributed by atoms with van der Waals surface area (Å²) in [6.07, 6.45) is 5.58. The number of carbonyl (C=O) groups is 1. The molecular formula is C22H23N3O3S. The maximum absolute atomic E-state index is 12.9. The van der Waals surface area contributed by atoms with Gasteiger partial charge in [0.1, 0.15) is 0 Å². The number of nitrogens with one attached hydrogen (secondary N) is 1. The van der Waals surface area contributed by atoms with E-state index in [-0.39, 0.29) is 10.8 Å². The van der Waals surface area contributed by atoms with Gasteiger partial charge in [0, 0.05) is 30.2 Å². The first-order chi connectivity index (χ1) is 14.1. The Balaban J connectivity index is 1.53. The molecule has 0 aliphatic carbocycles. The predicted molar refractivity (Wildman–Crippen MR) is 113 cm³/mol. The van der Waals surface area contributed by atoms with E-state index >= 15 is 0 Å². The minimum Gasteiger partial charge on any atom is -0.320 e. The smallest absolute Gasteiger partial charge is 0.255 e. The van der Waals surface area contributed by atoms with Crippen LogP contribution in [0, 0.1) is 0 Å². The molecule has 1 aromatic heterocycles. The molecule has 0 unspecified atom stereocenters. The van der Waals surface area contributed by atoms with Crippen molar-refractivity contribution in [1.82, 2.24) is 9.29 Å². The van der Waals surface area contributed by atoms with Gasteiger partial charge >= 0.3 is 0 Å². The van der Waals surface area contributed by atoms with E-state index in [0.717, 1.165) is 31.1 Å². The molecule has 0 spiro atoms. The summed E-state index contributed by atoms with van der Waals surface area (Å²) in [5.74, 6) is -0.304. The third-order valence-corrected chi connectivity index (χ3v) is 7.11. The molecule has 0 radical (unpaired) electrons. The lowest BCUT2D eigenvalue weighted by atomic mass is 10.1. The second-order valence-electron chi connectivity index (χ2n) is 7.18. The van der Waals surface area contributed by atoms with E-state index in [2.05, 4.69) is 10.3 Å². The molecule has 1 saturated heterocycles. The van der Waals surface area contributed by atoms with Crippen LogP contribution in [0.5, 0.6) is 0 Å². The summed E-state index contributed by atoms with van der Waals surface area (Å²) in [6.45, 7) is 1.11. The third-order valence-electron chi connectivity index (χ3n) is 5.20. The predicted octanol–water partition coefficient (Wildman–Crippen LogP) is 4.05. The second-order valence-corrected chi connectivity index (χ2v) is 9.12. The molecule has 7 heteroatoms. The molecule has 29 heavy (non-hydrogen) atoms. The summed E-state index contributed by atoms with van der Waals surface area (Å²) < 4.78 is 27.3. The second kappa shape index (κ2) is 8.31. The van der Waals surface area contributed by atoms with Crippen LogP contribution in [0.2, 0.25) is 0 Å². The molecule has 6 nitrogen and oxygen atoms in total. The van der Waals surface area contributed by atoms with E-state index in [9.17, 15) is 13.2 Å². The van der Waals surface area contributed by atoms with Crippen LogP contribution in [-0.2, 0) is 10.0 Å². The highest BCUT2D eigenvalue weighted by molar-refractivity contribution is 7.89. The maximum atomic E-state index is 12.9. The van der Waals surface area contributed by atoms with Crippen molar-refractivity contribution in [2.45, 2.75) is 30.6 Å². The van der Waals surface area contributed by atoms with Crippen LogP contribution in [0.1, 0.15) is 36.0 Å². The van der Waals surface area contributed by atoms with Gasteiger partial charge in [-0.15, -0.1) is 0 Å². The fourth-order valence-electron chi connectivity index (χ4n) is 3.61. The summed E-state index contributed by atoms with van der Waals surface area (Å²) in [6, 6.07) is 15.5. The Morgan fingerprint density at radius 3 is 2.31 bits per heavy atom. The van der Waals surface area contributed by atoms with Gasteiger partial charge in [-0.1, -0.05) is 31.0 Å². The molecule has 150 valence electrons. The normalized spacial score (nSPS) is 15.7. The Bertz CT molecular complexity index is 1110. The molecule has 1 fully saturated rings. The van der Waals surface area contributed by atoms with Crippen LogP contribution < -0.4 is 5.32 Å². The zero-order chi connectivity index (χ0) is 20.3. The lowest BCUT2D eigenvalue weighted by Crippen LogP contribution is -2.31. The molecule has 2 heterocycles. The molecule has 2 aromatic carbocycles. The number of rotatable bonds is 4. The number of pyridine rings is 1. The molecule has 1 N–H and O–H groups in total. The maximum Gasteiger partial charge on any atom is 0.255 e. The quantitative estimate of drug-likeness (QED) is 0.705. The highest BCUT2D eigenvalue weighted by Gasteiger charge is 2.25. The largest absolute Gasteiger partial charge is 0.320 e. The monoisotopic (exact) mass is 409 g/mol. The first-order valence-electron chi connectivity index (χ1n) is 9.81. The van der Waals surface area contributed by atoms with Crippen molar-refractivity contribution in [1.29, 1.82) is 0 Å². The number of para-hydroxylation sites is 1. The van der Waals surface area contributed by atoms with Gasteiger partial charge in [-0.05, 0) is 49.2 Å². The van der Waals surface area contributed by atoms with Crippen molar-refractivity contribution in [3.63, 3.8) is 0 Å². The molecule has 1 amide bonds. The number of fused-ring (bicyclic) bond motifs is 1. The minimum atomic E-state index is -3.52. The molecule has 4 rings (SSSR count). The van der Waals surface area contributed by atoms with Gasteiger partial charge < -0.3 is 5.32 Å². The summed E-state index contributed by atoms with van der Waals surface area (Å²) >= 11 is 0. The van der Waals surface area contributed by atoms with Crippen LogP contribution in [-0.4, -0.2) is 36.7 Å².